The number of piperidine rings is 1. The van der Waals surface area contributed by atoms with Crippen molar-refractivity contribution in [1.82, 2.24) is 4.98 Å². The first-order chi connectivity index (χ1) is 10.7. The van der Waals surface area contributed by atoms with Crippen LogP contribution in [0.3, 0.4) is 0 Å². The van der Waals surface area contributed by atoms with Crippen LogP contribution in [0.4, 0.5) is 5.13 Å². The molecule has 0 spiro atoms. The zero-order chi connectivity index (χ0) is 15.5. The van der Waals surface area contributed by atoms with Gasteiger partial charge in [0.2, 0.25) is 0 Å². The highest BCUT2D eigenvalue weighted by molar-refractivity contribution is 7.17. The summed E-state index contributed by atoms with van der Waals surface area (Å²) in [5.41, 5.74) is 1.31. The third-order valence-corrected chi connectivity index (χ3v) is 5.08. The van der Waals surface area contributed by atoms with Gasteiger partial charge in [-0.05, 0) is 36.5 Å². The van der Waals surface area contributed by atoms with E-state index in [-0.39, 0.29) is 0 Å². The predicted octanol–water partition coefficient (Wildman–Crippen LogP) is 3.23. The fourth-order valence-corrected chi connectivity index (χ4v) is 3.62. The summed E-state index contributed by atoms with van der Waals surface area (Å²) in [7, 11) is 1.68. The molecule has 0 amide bonds. The SMILES string of the molecule is COc1cccc(C2CCN(c3ncc(C(=O)O)s3)CC2)c1. The van der Waals surface area contributed by atoms with Gasteiger partial charge in [0.25, 0.3) is 0 Å². The Kier molecular flexibility index (Phi) is 4.29. The van der Waals surface area contributed by atoms with Crippen molar-refractivity contribution in [2.24, 2.45) is 0 Å². The number of aromatic carboxylic acids is 1. The Balaban J connectivity index is 1.65. The van der Waals surface area contributed by atoms with E-state index in [9.17, 15) is 4.79 Å². The zero-order valence-electron chi connectivity index (χ0n) is 12.4. The van der Waals surface area contributed by atoms with Gasteiger partial charge in [-0.2, -0.15) is 0 Å². The van der Waals surface area contributed by atoms with Crippen LogP contribution in [0.1, 0.15) is 34.0 Å². The van der Waals surface area contributed by atoms with E-state index in [1.54, 1.807) is 7.11 Å². The van der Waals surface area contributed by atoms with Crippen molar-refractivity contribution in [1.29, 1.82) is 0 Å². The van der Waals surface area contributed by atoms with Gasteiger partial charge in [0.15, 0.2) is 5.13 Å². The molecule has 0 aliphatic carbocycles. The van der Waals surface area contributed by atoms with E-state index in [1.807, 2.05) is 12.1 Å². The second kappa shape index (κ2) is 6.36. The lowest BCUT2D eigenvalue weighted by Crippen LogP contribution is -2.32. The predicted molar refractivity (Wildman–Crippen MR) is 86.3 cm³/mol. The number of carboxylic acid groups (broad SMARTS) is 1. The lowest BCUT2D eigenvalue weighted by atomic mass is 9.89. The smallest absolute Gasteiger partial charge is 0.347 e. The molecule has 0 radical (unpaired) electrons. The molecule has 0 unspecified atom stereocenters. The summed E-state index contributed by atoms with van der Waals surface area (Å²) in [5, 5.41) is 9.78. The Hall–Kier alpha value is -2.08. The number of methoxy groups -OCH3 is 1. The fraction of sp³-hybridized carbons (Fsp3) is 0.375. The van der Waals surface area contributed by atoms with Crippen LogP contribution in [-0.4, -0.2) is 36.3 Å². The Labute approximate surface area is 133 Å². The first-order valence-corrected chi connectivity index (χ1v) is 8.07. The minimum atomic E-state index is -0.907. The third-order valence-electron chi connectivity index (χ3n) is 4.03. The molecule has 2 aromatic rings. The van der Waals surface area contributed by atoms with Crippen molar-refractivity contribution in [3.05, 3.63) is 40.9 Å². The molecule has 0 atom stereocenters. The van der Waals surface area contributed by atoms with E-state index >= 15 is 0 Å². The molecule has 1 N–H and O–H groups in total. The summed E-state index contributed by atoms with van der Waals surface area (Å²) in [6.45, 7) is 1.79. The maximum Gasteiger partial charge on any atom is 0.347 e. The molecular formula is C16H18N2O3S. The molecule has 0 bridgehead atoms. The summed E-state index contributed by atoms with van der Waals surface area (Å²) < 4.78 is 5.29. The topological polar surface area (TPSA) is 62.7 Å². The highest BCUT2D eigenvalue weighted by Crippen LogP contribution is 2.33. The molecule has 1 fully saturated rings. The van der Waals surface area contributed by atoms with Gasteiger partial charge in [-0.3, -0.25) is 0 Å². The molecule has 6 heteroatoms. The number of carbonyl (C=O) groups is 1. The summed E-state index contributed by atoms with van der Waals surface area (Å²) in [5.74, 6) is 0.506. The molecule has 1 aromatic carbocycles. The summed E-state index contributed by atoms with van der Waals surface area (Å²) in [4.78, 5) is 17.6. The molecule has 22 heavy (non-hydrogen) atoms. The van der Waals surface area contributed by atoms with Crippen molar-refractivity contribution in [2.75, 3.05) is 25.1 Å². The molecule has 0 saturated carbocycles. The van der Waals surface area contributed by atoms with E-state index in [0.717, 1.165) is 36.8 Å². The van der Waals surface area contributed by atoms with Gasteiger partial charge in [-0.15, -0.1) is 0 Å². The molecule has 3 rings (SSSR count). The summed E-state index contributed by atoms with van der Waals surface area (Å²) in [6, 6.07) is 8.24. The number of hydrogen-bond donors (Lipinski definition) is 1. The van der Waals surface area contributed by atoms with Crippen molar-refractivity contribution < 1.29 is 14.6 Å². The Morgan fingerprint density at radius 1 is 1.41 bits per heavy atom. The minimum absolute atomic E-state index is 0.296. The molecular weight excluding hydrogens is 300 g/mol. The van der Waals surface area contributed by atoms with Crippen molar-refractivity contribution in [3.8, 4) is 5.75 Å². The van der Waals surface area contributed by atoms with Crippen LogP contribution in [0.15, 0.2) is 30.5 Å². The second-order valence-corrected chi connectivity index (χ2v) is 6.36. The van der Waals surface area contributed by atoms with Gasteiger partial charge in [0.1, 0.15) is 10.6 Å². The van der Waals surface area contributed by atoms with Crippen molar-refractivity contribution in [2.45, 2.75) is 18.8 Å². The number of rotatable bonds is 4. The third kappa shape index (κ3) is 3.06. The molecule has 5 nitrogen and oxygen atoms in total. The Bertz CT molecular complexity index is 663. The molecule has 1 aromatic heterocycles. The summed E-state index contributed by atoms with van der Waals surface area (Å²) in [6.07, 6.45) is 3.51. The molecule has 2 heterocycles. The average molecular weight is 318 g/mol. The van der Waals surface area contributed by atoms with Gasteiger partial charge < -0.3 is 14.7 Å². The van der Waals surface area contributed by atoms with Crippen LogP contribution in [0.2, 0.25) is 0 Å². The van der Waals surface area contributed by atoms with Crippen LogP contribution in [0.5, 0.6) is 5.75 Å². The lowest BCUT2D eigenvalue weighted by Gasteiger charge is -2.32. The fourth-order valence-electron chi connectivity index (χ4n) is 2.81. The quantitative estimate of drug-likeness (QED) is 0.937. The maximum absolute atomic E-state index is 10.9. The van der Waals surface area contributed by atoms with Crippen LogP contribution in [0.25, 0.3) is 0 Å². The largest absolute Gasteiger partial charge is 0.497 e. The highest BCUT2D eigenvalue weighted by Gasteiger charge is 2.23. The van der Waals surface area contributed by atoms with Gasteiger partial charge in [-0.1, -0.05) is 23.5 Å². The summed E-state index contributed by atoms with van der Waals surface area (Å²) >= 11 is 1.25. The number of aromatic nitrogens is 1. The normalized spacial score (nSPS) is 15.8. The van der Waals surface area contributed by atoms with Crippen LogP contribution < -0.4 is 9.64 Å². The number of benzene rings is 1. The monoisotopic (exact) mass is 318 g/mol. The van der Waals surface area contributed by atoms with Crippen molar-refractivity contribution in [3.63, 3.8) is 0 Å². The Morgan fingerprint density at radius 3 is 2.82 bits per heavy atom. The number of anilines is 1. The van der Waals surface area contributed by atoms with E-state index in [1.165, 1.54) is 23.1 Å². The second-order valence-electron chi connectivity index (χ2n) is 5.35. The number of thiazole rings is 1. The van der Waals surface area contributed by atoms with Gasteiger partial charge in [0.05, 0.1) is 13.3 Å². The van der Waals surface area contributed by atoms with E-state index < -0.39 is 5.97 Å². The zero-order valence-corrected chi connectivity index (χ0v) is 13.2. The van der Waals surface area contributed by atoms with Gasteiger partial charge in [-0.25, -0.2) is 9.78 Å². The van der Waals surface area contributed by atoms with E-state index in [4.69, 9.17) is 9.84 Å². The Morgan fingerprint density at radius 2 is 2.18 bits per heavy atom. The minimum Gasteiger partial charge on any atom is -0.497 e. The number of ether oxygens (including phenoxy) is 1. The van der Waals surface area contributed by atoms with E-state index in [0.29, 0.717) is 10.8 Å². The van der Waals surface area contributed by atoms with Gasteiger partial charge in [0, 0.05) is 13.1 Å². The van der Waals surface area contributed by atoms with Crippen LogP contribution in [0, 0.1) is 0 Å². The number of carboxylic acids is 1. The number of hydrogen-bond acceptors (Lipinski definition) is 5. The van der Waals surface area contributed by atoms with Crippen molar-refractivity contribution >= 4 is 22.4 Å². The van der Waals surface area contributed by atoms with Crippen LogP contribution >= 0.6 is 11.3 Å². The highest BCUT2D eigenvalue weighted by atomic mass is 32.1. The standard InChI is InChI=1S/C16H18N2O3S/c1-21-13-4-2-3-12(9-13)11-5-7-18(8-6-11)16-17-10-14(22-16)15(19)20/h2-4,9-11H,5-8H2,1H3,(H,19,20). The number of nitrogens with zero attached hydrogens (tertiary/aromatic N) is 2. The first kappa shape index (κ1) is 14.8. The average Bonchev–Trinajstić information content (AvgIpc) is 3.05. The van der Waals surface area contributed by atoms with Crippen LogP contribution in [-0.2, 0) is 0 Å². The lowest BCUT2D eigenvalue weighted by molar-refractivity contribution is 0.0702. The van der Waals surface area contributed by atoms with E-state index in [2.05, 4.69) is 22.0 Å². The molecule has 1 aliphatic rings. The molecule has 116 valence electrons. The first-order valence-electron chi connectivity index (χ1n) is 7.25. The molecule has 1 aliphatic heterocycles. The maximum atomic E-state index is 10.9. The molecule has 1 saturated heterocycles. The van der Waals surface area contributed by atoms with Gasteiger partial charge >= 0.3 is 5.97 Å².